The Morgan fingerprint density at radius 3 is 2.69 bits per heavy atom. The zero-order chi connectivity index (χ0) is 18.7. The lowest BCUT2D eigenvalue weighted by Gasteiger charge is -2.17. The maximum absolute atomic E-state index is 14.1. The fourth-order valence-electron chi connectivity index (χ4n) is 3.11. The van der Waals surface area contributed by atoms with Crippen LogP contribution < -0.4 is 10.2 Å². The van der Waals surface area contributed by atoms with Crippen LogP contribution in [-0.4, -0.2) is 24.9 Å². The first-order valence-electron chi connectivity index (χ1n) is 8.53. The van der Waals surface area contributed by atoms with Gasteiger partial charge in [0.25, 0.3) is 0 Å². The first-order valence-corrected chi connectivity index (χ1v) is 8.53. The van der Waals surface area contributed by atoms with Crippen LogP contribution in [0.25, 0.3) is 0 Å². The Morgan fingerprint density at radius 2 is 1.96 bits per heavy atom. The zero-order valence-corrected chi connectivity index (χ0v) is 14.5. The van der Waals surface area contributed by atoms with Crippen LogP contribution in [0.4, 0.5) is 14.5 Å². The normalized spacial score (nSPS) is 16.8. The fraction of sp³-hybridized carbons (Fsp3) is 0.300. The van der Waals surface area contributed by atoms with E-state index in [1.165, 1.54) is 17.0 Å². The van der Waals surface area contributed by atoms with Crippen molar-refractivity contribution < 1.29 is 18.4 Å². The molecule has 1 atom stereocenters. The van der Waals surface area contributed by atoms with Gasteiger partial charge in [-0.1, -0.05) is 24.3 Å². The van der Waals surface area contributed by atoms with Crippen molar-refractivity contribution in [3.63, 3.8) is 0 Å². The number of anilines is 1. The topological polar surface area (TPSA) is 49.4 Å². The van der Waals surface area contributed by atoms with Crippen LogP contribution in [-0.2, 0) is 16.0 Å². The van der Waals surface area contributed by atoms with Gasteiger partial charge in [0.05, 0.1) is 11.6 Å². The highest BCUT2D eigenvalue weighted by Gasteiger charge is 2.36. The fourth-order valence-corrected chi connectivity index (χ4v) is 3.11. The number of hydrogen-bond acceptors (Lipinski definition) is 2. The summed E-state index contributed by atoms with van der Waals surface area (Å²) in [5.41, 5.74) is 1.49. The van der Waals surface area contributed by atoms with Crippen molar-refractivity contribution >= 4 is 17.5 Å². The average Bonchev–Trinajstić information content (AvgIpc) is 2.98. The van der Waals surface area contributed by atoms with E-state index in [1.54, 1.807) is 37.3 Å². The molecule has 2 aromatic carbocycles. The third-order valence-corrected chi connectivity index (χ3v) is 4.54. The highest BCUT2D eigenvalue weighted by atomic mass is 19.1. The van der Waals surface area contributed by atoms with Gasteiger partial charge in [-0.3, -0.25) is 9.59 Å². The molecule has 0 radical (unpaired) electrons. The van der Waals surface area contributed by atoms with E-state index in [2.05, 4.69) is 5.32 Å². The Bertz CT molecular complexity index is 838. The van der Waals surface area contributed by atoms with Gasteiger partial charge >= 0.3 is 0 Å². The molecule has 0 aromatic heterocycles. The Kier molecular flexibility index (Phi) is 5.30. The SMILES string of the molecule is Cc1ccc(N2CC(C(=O)NCCc3ccccc3F)CC2=O)c(F)c1. The van der Waals surface area contributed by atoms with Gasteiger partial charge in [-0.15, -0.1) is 0 Å². The van der Waals surface area contributed by atoms with Crippen LogP contribution >= 0.6 is 0 Å². The molecule has 1 aliphatic heterocycles. The first-order chi connectivity index (χ1) is 12.5. The summed E-state index contributed by atoms with van der Waals surface area (Å²) in [5, 5.41) is 2.74. The standard InChI is InChI=1S/C20H20F2N2O2/c1-13-6-7-18(17(22)10-13)24-12-15(11-19(24)25)20(26)23-9-8-14-4-2-3-5-16(14)21/h2-7,10,15H,8-9,11-12H2,1H3,(H,23,26). The van der Waals surface area contributed by atoms with Gasteiger partial charge in [-0.2, -0.15) is 0 Å². The monoisotopic (exact) mass is 358 g/mol. The Labute approximate surface area is 150 Å². The van der Waals surface area contributed by atoms with E-state index in [0.717, 1.165) is 5.56 Å². The van der Waals surface area contributed by atoms with E-state index in [9.17, 15) is 18.4 Å². The molecule has 0 spiro atoms. The third kappa shape index (κ3) is 3.90. The summed E-state index contributed by atoms with van der Waals surface area (Å²) in [7, 11) is 0. The van der Waals surface area contributed by atoms with Crippen LogP contribution in [0, 0.1) is 24.5 Å². The van der Waals surface area contributed by atoms with Gasteiger partial charge < -0.3 is 10.2 Å². The second-order valence-corrected chi connectivity index (χ2v) is 6.49. The minimum Gasteiger partial charge on any atom is -0.355 e. The van der Waals surface area contributed by atoms with Gasteiger partial charge in [-0.05, 0) is 42.7 Å². The lowest BCUT2D eigenvalue weighted by atomic mass is 10.1. The predicted molar refractivity (Wildman–Crippen MR) is 94.7 cm³/mol. The van der Waals surface area contributed by atoms with Crippen molar-refractivity contribution in [2.24, 2.45) is 5.92 Å². The van der Waals surface area contributed by atoms with Crippen molar-refractivity contribution in [3.8, 4) is 0 Å². The van der Waals surface area contributed by atoms with Crippen molar-refractivity contribution in [1.29, 1.82) is 0 Å². The van der Waals surface area contributed by atoms with Gasteiger partial charge in [0.1, 0.15) is 11.6 Å². The maximum atomic E-state index is 14.1. The molecule has 26 heavy (non-hydrogen) atoms. The molecule has 0 bridgehead atoms. The smallest absolute Gasteiger partial charge is 0.227 e. The Hall–Kier alpha value is -2.76. The highest BCUT2D eigenvalue weighted by molar-refractivity contribution is 6.00. The minimum atomic E-state index is -0.538. The number of benzene rings is 2. The largest absolute Gasteiger partial charge is 0.355 e. The third-order valence-electron chi connectivity index (χ3n) is 4.54. The number of carbonyl (C=O) groups is 2. The van der Waals surface area contributed by atoms with Gasteiger partial charge in [0.15, 0.2) is 0 Å². The van der Waals surface area contributed by atoms with Crippen LogP contribution in [0.2, 0.25) is 0 Å². The van der Waals surface area contributed by atoms with Gasteiger partial charge in [-0.25, -0.2) is 8.78 Å². The highest BCUT2D eigenvalue weighted by Crippen LogP contribution is 2.28. The summed E-state index contributed by atoms with van der Waals surface area (Å²) in [5.74, 6) is -1.87. The molecule has 2 aromatic rings. The first kappa shape index (κ1) is 18.0. The van der Waals surface area contributed by atoms with E-state index in [-0.39, 0.29) is 42.8 Å². The Morgan fingerprint density at radius 1 is 1.19 bits per heavy atom. The van der Waals surface area contributed by atoms with Crippen molar-refractivity contribution in [2.75, 3.05) is 18.0 Å². The number of hydrogen-bond donors (Lipinski definition) is 1. The van der Waals surface area contributed by atoms with Crippen LogP contribution in [0.1, 0.15) is 17.5 Å². The van der Waals surface area contributed by atoms with Crippen LogP contribution in [0.15, 0.2) is 42.5 Å². The molecule has 3 rings (SSSR count). The quantitative estimate of drug-likeness (QED) is 0.893. The summed E-state index contributed by atoms with van der Waals surface area (Å²) in [6.45, 7) is 2.19. The molecule has 136 valence electrons. The van der Waals surface area contributed by atoms with Gasteiger partial charge in [0.2, 0.25) is 11.8 Å². The lowest BCUT2D eigenvalue weighted by molar-refractivity contribution is -0.126. The summed E-state index contributed by atoms with van der Waals surface area (Å²) in [6, 6.07) is 11.0. The number of carbonyl (C=O) groups excluding carboxylic acids is 2. The van der Waals surface area contributed by atoms with E-state index in [4.69, 9.17) is 0 Å². The molecule has 1 unspecified atom stereocenters. The summed E-state index contributed by atoms with van der Waals surface area (Å²) in [4.78, 5) is 25.8. The summed E-state index contributed by atoms with van der Waals surface area (Å²) >= 11 is 0. The molecule has 2 amide bonds. The number of aryl methyl sites for hydroxylation is 1. The molecule has 1 aliphatic rings. The Balaban J connectivity index is 1.58. The number of nitrogens with zero attached hydrogens (tertiary/aromatic N) is 1. The summed E-state index contributed by atoms with van der Waals surface area (Å²) in [6.07, 6.45) is 0.411. The van der Waals surface area contributed by atoms with Crippen molar-refractivity contribution in [1.82, 2.24) is 5.32 Å². The number of amides is 2. The molecule has 1 heterocycles. The molecule has 1 saturated heterocycles. The molecular formula is C20H20F2N2O2. The number of rotatable bonds is 5. The second kappa shape index (κ2) is 7.64. The van der Waals surface area contributed by atoms with E-state index >= 15 is 0 Å². The summed E-state index contributed by atoms with van der Waals surface area (Å²) < 4.78 is 27.7. The predicted octanol–water partition coefficient (Wildman–Crippen LogP) is 2.99. The van der Waals surface area contributed by atoms with E-state index in [1.807, 2.05) is 0 Å². The molecule has 4 nitrogen and oxygen atoms in total. The number of halogens is 2. The van der Waals surface area contributed by atoms with Crippen molar-refractivity contribution in [2.45, 2.75) is 19.8 Å². The second-order valence-electron chi connectivity index (χ2n) is 6.49. The lowest BCUT2D eigenvalue weighted by Crippen LogP contribution is -2.34. The van der Waals surface area contributed by atoms with Crippen LogP contribution in [0.3, 0.4) is 0 Å². The van der Waals surface area contributed by atoms with Crippen LogP contribution in [0.5, 0.6) is 0 Å². The average molecular weight is 358 g/mol. The maximum Gasteiger partial charge on any atom is 0.227 e. The molecule has 1 fully saturated rings. The number of nitrogens with one attached hydrogen (secondary N) is 1. The minimum absolute atomic E-state index is 0.0405. The van der Waals surface area contributed by atoms with Crippen molar-refractivity contribution in [3.05, 3.63) is 65.2 Å². The molecule has 0 saturated carbocycles. The molecule has 0 aliphatic carbocycles. The molecule has 1 N–H and O–H groups in total. The molecule has 6 heteroatoms. The molecular weight excluding hydrogens is 338 g/mol. The zero-order valence-electron chi connectivity index (χ0n) is 14.5. The van der Waals surface area contributed by atoms with E-state index < -0.39 is 11.7 Å². The van der Waals surface area contributed by atoms with E-state index in [0.29, 0.717) is 12.0 Å². The van der Waals surface area contributed by atoms with Gasteiger partial charge in [0, 0.05) is 19.5 Å².